The zero-order valence-electron chi connectivity index (χ0n) is 5.49. The fraction of sp³-hybridized carbons (Fsp3) is 1.00. The lowest BCUT2D eigenvalue weighted by molar-refractivity contribution is 0.329. The van der Waals surface area contributed by atoms with Gasteiger partial charge in [-0.15, -0.1) is 0 Å². The normalized spacial score (nSPS) is 10.7. The highest BCUT2D eigenvalue weighted by atomic mass is 31.2. The lowest BCUT2D eigenvalue weighted by Crippen LogP contribution is -1.93. The van der Waals surface area contributed by atoms with Gasteiger partial charge in [0.2, 0.25) is 0 Å². The average Bonchev–Trinajstić information content (AvgIpc) is 1.59. The van der Waals surface area contributed by atoms with E-state index < -0.39 is 7.94 Å². The predicted molar refractivity (Wildman–Crippen MR) is 39.1 cm³/mol. The molecule has 0 heterocycles. The van der Waals surface area contributed by atoms with Gasteiger partial charge in [-0.25, -0.2) is 0 Å². The predicted octanol–water partition coefficient (Wildman–Crippen LogP) is 0.145. The largest absolute Gasteiger partial charge is 0.403 e. The Morgan fingerprint density at radius 2 is 1.67 bits per heavy atom. The number of rotatable bonds is 3. The lowest BCUT2D eigenvalue weighted by atomic mass is 10.4. The van der Waals surface area contributed by atoms with Crippen LogP contribution < -0.4 is 0 Å². The van der Waals surface area contributed by atoms with Gasteiger partial charge in [-0.3, -0.25) is 0 Å². The highest BCUT2D eigenvalue weighted by Crippen LogP contribution is 2.44. The molecule has 0 fully saturated rings. The van der Waals surface area contributed by atoms with Crippen LogP contribution in [0.15, 0.2) is 0 Å². The molecule has 0 amide bonds. The summed E-state index contributed by atoms with van der Waals surface area (Å²) in [5, 5.41) is 0. The van der Waals surface area contributed by atoms with E-state index in [-0.39, 0.29) is 14.6 Å². The van der Waals surface area contributed by atoms with Gasteiger partial charge in [-0.2, -0.15) is 14.7 Å². The monoisotopic (exact) mass is 150 g/mol. The summed E-state index contributed by atoms with van der Waals surface area (Å²) in [6.45, 7) is 1.93. The molecule has 0 bridgehead atoms. The molecule has 53 valence electrons. The van der Waals surface area contributed by atoms with Gasteiger partial charge in [0.15, 0.2) is 0 Å². The molecule has 0 atom stereocenters. The van der Waals surface area contributed by atoms with Crippen LogP contribution in [0.3, 0.4) is 0 Å². The third-order valence-corrected chi connectivity index (χ3v) is 1.73. The van der Waals surface area contributed by atoms with E-state index in [0.717, 1.165) is 6.42 Å². The van der Waals surface area contributed by atoms with Crippen LogP contribution in [0, 0.1) is 0 Å². The van der Waals surface area contributed by atoms with Crippen molar-refractivity contribution < 1.29 is 14.7 Å². The first-order valence-electron chi connectivity index (χ1n) is 2.62. The minimum absolute atomic E-state index is 0. The maximum Gasteiger partial charge on any atom is 0.403 e. The van der Waals surface area contributed by atoms with Crippen molar-refractivity contribution in [1.82, 2.24) is 0 Å². The average molecular weight is 150 g/mol. The summed E-state index contributed by atoms with van der Waals surface area (Å²) in [7, 11) is -3.43. The van der Waals surface area contributed by atoms with Crippen LogP contribution >= 0.6 is 7.94 Å². The van der Waals surface area contributed by atoms with Crippen molar-refractivity contribution in [2.75, 3.05) is 6.16 Å². The van der Waals surface area contributed by atoms with E-state index in [2.05, 4.69) is 0 Å². The van der Waals surface area contributed by atoms with Crippen LogP contribution in [0.2, 0.25) is 0 Å². The third kappa shape index (κ3) is 11.8. The zero-order chi connectivity index (χ0) is 6.62. The summed E-state index contributed by atoms with van der Waals surface area (Å²) in [6.07, 6.45) is 1.70. The van der Waals surface area contributed by atoms with E-state index in [4.69, 9.17) is 14.7 Å². The molecule has 5 heteroatoms. The maximum atomic E-state index is 8.37. The van der Waals surface area contributed by atoms with Crippen LogP contribution in [0.25, 0.3) is 0 Å². The Bertz CT molecular complexity index is 63.3. The van der Waals surface area contributed by atoms with Gasteiger partial charge in [-0.05, 0) is 6.42 Å². The van der Waals surface area contributed by atoms with Crippen LogP contribution in [0.5, 0.6) is 0 Å². The zero-order valence-corrected chi connectivity index (χ0v) is 6.38. The number of hydrogen-bond acceptors (Lipinski definition) is 3. The minimum atomic E-state index is -3.43. The highest BCUT2D eigenvalue weighted by Gasteiger charge is 2.27. The molecule has 0 aliphatic rings. The second-order valence-corrected chi connectivity index (χ2v) is 3.60. The van der Waals surface area contributed by atoms with E-state index in [0.29, 0.717) is 6.42 Å². The van der Waals surface area contributed by atoms with Crippen molar-refractivity contribution in [1.29, 1.82) is 0 Å². The molecule has 0 unspecified atom stereocenters. The summed E-state index contributed by atoms with van der Waals surface area (Å²) < 4.78 is 0. The Morgan fingerprint density at radius 3 is 1.78 bits per heavy atom. The van der Waals surface area contributed by atoms with Gasteiger partial charge >= 0.3 is 7.94 Å². The van der Waals surface area contributed by atoms with Gasteiger partial charge in [0.05, 0.1) is 0 Å². The Labute approximate surface area is 57.9 Å². The van der Waals surface area contributed by atoms with Gasteiger partial charge in [-0.1, -0.05) is 13.3 Å². The first-order chi connectivity index (χ1) is 3.56. The van der Waals surface area contributed by atoms with Crippen molar-refractivity contribution in [3.63, 3.8) is 0 Å². The van der Waals surface area contributed by atoms with Gasteiger partial charge in [0.25, 0.3) is 0 Å². The molecule has 0 aromatic heterocycles. The Hall–Kier alpha value is 0.375. The topological polar surface area (TPSA) is 60.7 Å². The molecule has 0 saturated carbocycles. The fourth-order valence-corrected chi connectivity index (χ4v) is 1.11. The summed E-state index contributed by atoms with van der Waals surface area (Å²) in [5.74, 6) is 0. The molecule has 0 aromatic rings. The number of hydrogen-bond donors (Lipinski definition) is 3. The van der Waals surface area contributed by atoms with Gasteiger partial charge in [0, 0.05) is 8.41 Å². The molecule has 0 aliphatic heterocycles. The first kappa shape index (κ1) is 12.1. The van der Waals surface area contributed by atoms with E-state index in [9.17, 15) is 0 Å². The van der Waals surface area contributed by atoms with Gasteiger partial charge in [0.1, 0.15) is 6.16 Å². The molecule has 3 N–H and O–H groups in total. The van der Waals surface area contributed by atoms with Crippen LogP contribution in [-0.2, 0) is 0 Å². The molecule has 0 aromatic carbocycles. The Balaban J connectivity index is 0. The van der Waals surface area contributed by atoms with Crippen molar-refractivity contribution >= 4 is 16.4 Å². The third-order valence-electron chi connectivity index (χ3n) is 0.812. The maximum absolute atomic E-state index is 8.37. The smallest absolute Gasteiger partial charge is 0.193 e. The summed E-state index contributed by atoms with van der Waals surface area (Å²) >= 11 is 0. The van der Waals surface area contributed by atoms with E-state index in [1.54, 1.807) is 0 Å². The molecule has 0 saturated heterocycles. The second-order valence-electron chi connectivity index (χ2n) is 1.77. The molecule has 3 nitrogen and oxygen atoms in total. The summed E-state index contributed by atoms with van der Waals surface area (Å²) in [6, 6.07) is 0. The van der Waals surface area contributed by atoms with E-state index in [1.807, 2.05) is 6.92 Å². The first-order valence-corrected chi connectivity index (χ1v) is 4.46. The summed E-state index contributed by atoms with van der Waals surface area (Å²) in [4.78, 5) is 25.1. The van der Waals surface area contributed by atoms with E-state index >= 15 is 0 Å². The SMILES string of the molecule is CCCC[P+](O)(O)O.[B]. The lowest BCUT2D eigenvalue weighted by Gasteiger charge is -2.00. The molecule has 0 aliphatic carbocycles. The second kappa shape index (κ2) is 5.18. The quantitative estimate of drug-likeness (QED) is 0.396. The number of unbranched alkanes of at least 4 members (excludes halogenated alkanes) is 1. The molecular formula is C4H12BO3P+. The van der Waals surface area contributed by atoms with Crippen molar-refractivity contribution in [3.05, 3.63) is 0 Å². The van der Waals surface area contributed by atoms with Gasteiger partial charge < -0.3 is 0 Å². The molecule has 9 heavy (non-hydrogen) atoms. The minimum Gasteiger partial charge on any atom is -0.193 e. The molecule has 0 rings (SSSR count). The van der Waals surface area contributed by atoms with Crippen molar-refractivity contribution in [3.8, 4) is 0 Å². The van der Waals surface area contributed by atoms with Crippen molar-refractivity contribution in [2.24, 2.45) is 0 Å². The Morgan fingerprint density at radius 1 is 1.22 bits per heavy atom. The summed E-state index contributed by atoms with van der Waals surface area (Å²) in [5.41, 5.74) is 0. The van der Waals surface area contributed by atoms with Crippen molar-refractivity contribution in [2.45, 2.75) is 19.8 Å². The molecule has 3 radical (unpaired) electrons. The van der Waals surface area contributed by atoms with Crippen LogP contribution in [0.4, 0.5) is 0 Å². The van der Waals surface area contributed by atoms with Crippen LogP contribution in [0.1, 0.15) is 19.8 Å². The fourth-order valence-electron chi connectivity index (χ4n) is 0.370. The standard InChI is InChI=1S/C4H12O3P.B/c1-2-3-4-8(5,6)7;/h5-7H,2-4H2,1H3;/q+1;. The highest BCUT2D eigenvalue weighted by molar-refractivity contribution is 7.58. The Kier molecular flexibility index (Phi) is 6.96. The van der Waals surface area contributed by atoms with Crippen LogP contribution in [-0.4, -0.2) is 29.3 Å². The molecular weight excluding hydrogens is 138 g/mol. The molecule has 0 spiro atoms. The van der Waals surface area contributed by atoms with E-state index in [1.165, 1.54) is 0 Å².